The van der Waals surface area contributed by atoms with Crippen molar-refractivity contribution in [1.82, 2.24) is 10.3 Å². The first kappa shape index (κ1) is 15.9. The molecule has 0 unspecified atom stereocenters. The lowest BCUT2D eigenvalue weighted by Gasteiger charge is -2.33. The van der Waals surface area contributed by atoms with Crippen LogP contribution in [-0.4, -0.2) is 16.5 Å². The van der Waals surface area contributed by atoms with Gasteiger partial charge in [0.2, 0.25) is 0 Å². The van der Waals surface area contributed by atoms with Crippen molar-refractivity contribution >= 4 is 5.69 Å². The van der Waals surface area contributed by atoms with Gasteiger partial charge in [-0.3, -0.25) is 15.1 Å². The van der Waals surface area contributed by atoms with E-state index < -0.39 is 0 Å². The molecular formula is C16H25N3O2. The Kier molecular flexibility index (Phi) is 4.93. The van der Waals surface area contributed by atoms with Crippen LogP contribution in [-0.2, 0) is 6.54 Å². The standard InChI is InChI=1S/C16H25N3O2/c1-12-9-18-14(13(2)15(12)19(20)21)10-17-11-16(3)7-5-4-6-8-16/h9,17H,4-8,10-11H2,1-3H3. The summed E-state index contributed by atoms with van der Waals surface area (Å²) in [5.41, 5.74) is 2.65. The average molecular weight is 291 g/mol. The molecule has 0 aliphatic heterocycles. The first-order valence-electron chi connectivity index (χ1n) is 7.73. The minimum atomic E-state index is -0.307. The van der Waals surface area contributed by atoms with Gasteiger partial charge in [0, 0.05) is 30.4 Å². The summed E-state index contributed by atoms with van der Waals surface area (Å²) in [4.78, 5) is 15.2. The van der Waals surface area contributed by atoms with Gasteiger partial charge < -0.3 is 5.32 Å². The third-order valence-corrected chi connectivity index (χ3v) is 4.66. The van der Waals surface area contributed by atoms with Crippen molar-refractivity contribution in [3.8, 4) is 0 Å². The summed E-state index contributed by atoms with van der Waals surface area (Å²) in [6.07, 6.45) is 8.10. The molecule has 1 saturated carbocycles. The predicted octanol–water partition coefficient (Wildman–Crippen LogP) is 3.67. The van der Waals surface area contributed by atoms with Crippen LogP contribution < -0.4 is 5.32 Å². The van der Waals surface area contributed by atoms with E-state index in [2.05, 4.69) is 17.2 Å². The third-order valence-electron chi connectivity index (χ3n) is 4.66. The van der Waals surface area contributed by atoms with Gasteiger partial charge in [-0.15, -0.1) is 0 Å². The molecule has 5 nitrogen and oxygen atoms in total. The van der Waals surface area contributed by atoms with Gasteiger partial charge in [-0.05, 0) is 32.1 Å². The molecule has 1 heterocycles. The van der Waals surface area contributed by atoms with Crippen LogP contribution in [0.3, 0.4) is 0 Å². The Labute approximate surface area is 126 Å². The predicted molar refractivity (Wildman–Crippen MR) is 83.3 cm³/mol. The molecule has 5 heteroatoms. The van der Waals surface area contributed by atoms with Crippen molar-refractivity contribution in [2.24, 2.45) is 5.41 Å². The molecule has 1 aromatic rings. The number of rotatable bonds is 5. The second-order valence-electron chi connectivity index (χ2n) is 6.59. The Balaban J connectivity index is 2.00. The van der Waals surface area contributed by atoms with Crippen molar-refractivity contribution in [3.63, 3.8) is 0 Å². The van der Waals surface area contributed by atoms with Crippen LogP contribution in [0, 0.1) is 29.4 Å². The van der Waals surface area contributed by atoms with E-state index in [1.807, 2.05) is 0 Å². The summed E-state index contributed by atoms with van der Waals surface area (Å²) in [5.74, 6) is 0. The number of nitrogens with zero attached hydrogens (tertiary/aromatic N) is 2. The zero-order valence-electron chi connectivity index (χ0n) is 13.2. The van der Waals surface area contributed by atoms with E-state index in [1.54, 1.807) is 20.0 Å². The molecule has 1 aliphatic carbocycles. The number of nitrogens with one attached hydrogen (secondary N) is 1. The minimum absolute atomic E-state index is 0.200. The van der Waals surface area contributed by atoms with E-state index in [4.69, 9.17) is 0 Å². The van der Waals surface area contributed by atoms with Crippen molar-refractivity contribution in [2.45, 2.75) is 59.4 Å². The number of hydrogen-bond acceptors (Lipinski definition) is 4. The lowest BCUT2D eigenvalue weighted by atomic mass is 9.76. The smallest absolute Gasteiger partial charge is 0.278 e. The van der Waals surface area contributed by atoms with Crippen LogP contribution in [0.5, 0.6) is 0 Å². The number of hydrogen-bond donors (Lipinski definition) is 1. The van der Waals surface area contributed by atoms with Crippen molar-refractivity contribution in [1.29, 1.82) is 0 Å². The fourth-order valence-electron chi connectivity index (χ4n) is 3.29. The fourth-order valence-corrected chi connectivity index (χ4v) is 3.29. The Hall–Kier alpha value is -1.49. The Morgan fingerprint density at radius 3 is 2.62 bits per heavy atom. The summed E-state index contributed by atoms with van der Waals surface area (Å²) in [6, 6.07) is 0. The highest BCUT2D eigenvalue weighted by Crippen LogP contribution is 2.35. The molecule has 0 bridgehead atoms. The fraction of sp³-hybridized carbons (Fsp3) is 0.688. The van der Waals surface area contributed by atoms with E-state index in [0.717, 1.165) is 12.2 Å². The van der Waals surface area contributed by atoms with Crippen LogP contribution in [0.1, 0.15) is 55.8 Å². The van der Waals surface area contributed by atoms with Crippen LogP contribution in [0.2, 0.25) is 0 Å². The van der Waals surface area contributed by atoms with E-state index in [1.165, 1.54) is 32.1 Å². The molecule has 1 aromatic heterocycles. The highest BCUT2D eigenvalue weighted by atomic mass is 16.6. The number of nitro groups is 1. The van der Waals surface area contributed by atoms with Crippen LogP contribution in [0.15, 0.2) is 6.20 Å². The molecule has 21 heavy (non-hydrogen) atoms. The highest BCUT2D eigenvalue weighted by molar-refractivity contribution is 5.47. The number of pyridine rings is 1. The largest absolute Gasteiger partial charge is 0.311 e. The Bertz CT molecular complexity index is 522. The van der Waals surface area contributed by atoms with Gasteiger partial charge in [0.05, 0.1) is 10.6 Å². The van der Waals surface area contributed by atoms with Gasteiger partial charge in [-0.2, -0.15) is 0 Å². The highest BCUT2D eigenvalue weighted by Gasteiger charge is 2.26. The van der Waals surface area contributed by atoms with E-state index >= 15 is 0 Å². The van der Waals surface area contributed by atoms with Gasteiger partial charge in [-0.25, -0.2) is 0 Å². The zero-order chi connectivity index (χ0) is 15.5. The number of aryl methyl sites for hydroxylation is 1. The van der Waals surface area contributed by atoms with Gasteiger partial charge >= 0.3 is 0 Å². The van der Waals surface area contributed by atoms with E-state index in [-0.39, 0.29) is 10.6 Å². The van der Waals surface area contributed by atoms with E-state index in [9.17, 15) is 10.1 Å². The molecule has 0 amide bonds. The summed E-state index contributed by atoms with van der Waals surface area (Å²) < 4.78 is 0. The van der Waals surface area contributed by atoms with Crippen molar-refractivity contribution < 1.29 is 4.92 Å². The topological polar surface area (TPSA) is 68.1 Å². The molecule has 0 radical (unpaired) electrons. The second kappa shape index (κ2) is 6.52. The monoisotopic (exact) mass is 291 g/mol. The Morgan fingerprint density at radius 2 is 2.00 bits per heavy atom. The van der Waals surface area contributed by atoms with Gasteiger partial charge in [0.25, 0.3) is 5.69 Å². The summed E-state index contributed by atoms with van der Waals surface area (Å²) in [7, 11) is 0. The van der Waals surface area contributed by atoms with Crippen LogP contribution in [0.4, 0.5) is 5.69 Å². The van der Waals surface area contributed by atoms with E-state index in [0.29, 0.717) is 23.1 Å². The van der Waals surface area contributed by atoms with Crippen LogP contribution >= 0.6 is 0 Å². The molecule has 1 fully saturated rings. The molecule has 0 aromatic carbocycles. The number of aromatic nitrogens is 1. The maximum Gasteiger partial charge on any atom is 0.278 e. The summed E-state index contributed by atoms with van der Waals surface area (Å²) in [5, 5.41) is 14.6. The van der Waals surface area contributed by atoms with Gasteiger partial charge in [0.15, 0.2) is 0 Å². The molecular weight excluding hydrogens is 266 g/mol. The summed E-state index contributed by atoms with van der Waals surface area (Å²) in [6.45, 7) is 7.41. The summed E-state index contributed by atoms with van der Waals surface area (Å²) >= 11 is 0. The zero-order valence-corrected chi connectivity index (χ0v) is 13.2. The molecule has 0 saturated heterocycles. The maximum absolute atomic E-state index is 11.1. The normalized spacial score (nSPS) is 17.7. The minimum Gasteiger partial charge on any atom is -0.311 e. The van der Waals surface area contributed by atoms with Crippen molar-refractivity contribution in [2.75, 3.05) is 6.54 Å². The molecule has 2 rings (SSSR count). The molecule has 1 aliphatic rings. The first-order valence-corrected chi connectivity index (χ1v) is 7.73. The molecule has 116 valence electrons. The lowest BCUT2D eigenvalue weighted by molar-refractivity contribution is -0.386. The molecule has 1 N–H and O–H groups in total. The molecule has 0 atom stereocenters. The second-order valence-corrected chi connectivity index (χ2v) is 6.59. The average Bonchev–Trinajstić information content (AvgIpc) is 2.42. The first-order chi connectivity index (χ1) is 9.93. The molecule has 0 spiro atoms. The van der Waals surface area contributed by atoms with Gasteiger partial charge in [0.1, 0.15) is 0 Å². The SMILES string of the molecule is Cc1cnc(CNCC2(C)CCCCC2)c(C)c1[N+](=O)[O-]. The maximum atomic E-state index is 11.1. The van der Waals surface area contributed by atoms with Crippen LogP contribution in [0.25, 0.3) is 0 Å². The van der Waals surface area contributed by atoms with Gasteiger partial charge in [-0.1, -0.05) is 26.2 Å². The Morgan fingerprint density at radius 1 is 1.33 bits per heavy atom. The third kappa shape index (κ3) is 3.79. The quantitative estimate of drug-likeness (QED) is 0.664. The van der Waals surface area contributed by atoms with Crippen molar-refractivity contribution in [3.05, 3.63) is 33.1 Å². The lowest BCUT2D eigenvalue weighted by Crippen LogP contribution is -2.33.